The van der Waals surface area contributed by atoms with E-state index in [1.54, 1.807) is 14.0 Å². The first-order chi connectivity index (χ1) is 6.56. The minimum absolute atomic E-state index is 0. The molecule has 0 radical (unpaired) electrons. The van der Waals surface area contributed by atoms with E-state index >= 15 is 0 Å². The Hall–Kier alpha value is -0.900. The Balaban J connectivity index is -0.0000000302. The molecule has 146 valence electrons. The van der Waals surface area contributed by atoms with E-state index < -0.39 is 0 Å². The molecule has 0 bridgehead atoms. The van der Waals surface area contributed by atoms with Gasteiger partial charge in [-0.05, 0) is 20.3 Å². The van der Waals surface area contributed by atoms with Crippen molar-refractivity contribution in [1.29, 1.82) is 0 Å². The highest BCUT2D eigenvalue weighted by Gasteiger charge is 2.08. The van der Waals surface area contributed by atoms with Crippen molar-refractivity contribution in [3.63, 3.8) is 0 Å². The molecule has 0 aromatic heterocycles. The van der Waals surface area contributed by atoms with E-state index in [1.807, 2.05) is 0 Å². The quantitative estimate of drug-likeness (QED) is 0.399. The summed E-state index contributed by atoms with van der Waals surface area (Å²) >= 11 is 0. The van der Waals surface area contributed by atoms with Crippen LogP contribution in [0.1, 0.15) is 92.5 Å². The van der Waals surface area contributed by atoms with Gasteiger partial charge in [-0.1, -0.05) is 59.4 Å². The fourth-order valence-corrected chi connectivity index (χ4v) is 0.884. The summed E-state index contributed by atoms with van der Waals surface area (Å²) in [5.41, 5.74) is 0. The second kappa shape index (κ2) is 36.9. The molecule has 0 aliphatic heterocycles. The molecule has 0 saturated heterocycles. The molecule has 0 rings (SSSR count). The van der Waals surface area contributed by atoms with Crippen LogP contribution in [0.2, 0.25) is 0 Å². The number of ketones is 1. The molecular formula is C18H50O4. The van der Waals surface area contributed by atoms with Crippen molar-refractivity contribution in [2.75, 3.05) is 13.7 Å². The molecule has 0 spiro atoms. The standard InChI is InChI=1S/C10H18O4.8CH4/c1-8(11)5-4-6-14-10(12)7-9(2)13-3;;;;;;;;/h9H,4-7H2,1-3H3;8*1H4. The van der Waals surface area contributed by atoms with E-state index in [0.29, 0.717) is 19.4 Å². The van der Waals surface area contributed by atoms with Gasteiger partial charge in [0.1, 0.15) is 5.78 Å². The Kier molecular flexibility index (Phi) is 97.6. The number of carbonyl (C=O) groups is 2. The summed E-state index contributed by atoms with van der Waals surface area (Å²) in [5, 5.41) is 0. The van der Waals surface area contributed by atoms with Crippen molar-refractivity contribution in [2.24, 2.45) is 0 Å². The lowest BCUT2D eigenvalue weighted by Gasteiger charge is -2.08. The zero-order valence-corrected chi connectivity index (χ0v) is 9.04. The molecule has 0 amide bonds. The molecule has 0 heterocycles. The molecule has 22 heavy (non-hydrogen) atoms. The fourth-order valence-electron chi connectivity index (χ4n) is 0.884. The minimum Gasteiger partial charge on any atom is -0.466 e. The lowest BCUT2D eigenvalue weighted by atomic mass is 10.2. The Labute approximate surface area is 144 Å². The molecule has 1 unspecified atom stereocenters. The molecule has 0 aromatic rings. The topological polar surface area (TPSA) is 52.6 Å². The highest BCUT2D eigenvalue weighted by Crippen LogP contribution is 1.99. The molecule has 0 saturated carbocycles. The normalized spacial score (nSPS) is 7.77. The largest absolute Gasteiger partial charge is 0.466 e. The molecule has 0 N–H and O–H groups in total. The maximum Gasteiger partial charge on any atom is 0.308 e. The molecule has 0 aromatic carbocycles. The third-order valence-electron chi connectivity index (χ3n) is 1.79. The molecule has 4 nitrogen and oxygen atoms in total. The number of rotatable bonds is 7. The third kappa shape index (κ3) is 42.7. The number of hydrogen-bond donors (Lipinski definition) is 0. The highest BCUT2D eigenvalue weighted by molar-refractivity contribution is 5.75. The van der Waals surface area contributed by atoms with Gasteiger partial charge in [0.2, 0.25) is 0 Å². The summed E-state index contributed by atoms with van der Waals surface area (Å²) in [6, 6.07) is 0. The van der Waals surface area contributed by atoms with Crippen molar-refractivity contribution in [3.8, 4) is 0 Å². The molecule has 4 heteroatoms. The van der Waals surface area contributed by atoms with Crippen LogP contribution in [0.3, 0.4) is 0 Å². The fraction of sp³-hybridized carbons (Fsp3) is 0.889. The Morgan fingerprint density at radius 2 is 1.32 bits per heavy atom. The summed E-state index contributed by atoms with van der Waals surface area (Å²) in [6.45, 7) is 3.64. The monoisotopic (exact) mass is 330 g/mol. The van der Waals surface area contributed by atoms with E-state index in [0.717, 1.165) is 0 Å². The molecule has 1 atom stereocenters. The predicted molar refractivity (Wildman–Crippen MR) is 106 cm³/mol. The summed E-state index contributed by atoms with van der Waals surface area (Å²) in [7, 11) is 1.55. The molecule has 0 aliphatic carbocycles. The minimum atomic E-state index is -0.275. The van der Waals surface area contributed by atoms with Gasteiger partial charge in [0, 0.05) is 13.5 Å². The second-order valence-electron chi connectivity index (χ2n) is 3.28. The zero-order chi connectivity index (χ0) is 11.0. The van der Waals surface area contributed by atoms with Gasteiger partial charge in [0.25, 0.3) is 0 Å². The second-order valence-corrected chi connectivity index (χ2v) is 3.28. The van der Waals surface area contributed by atoms with E-state index in [2.05, 4.69) is 0 Å². The van der Waals surface area contributed by atoms with Gasteiger partial charge in [-0.2, -0.15) is 0 Å². The number of ether oxygens (including phenoxy) is 2. The van der Waals surface area contributed by atoms with Gasteiger partial charge < -0.3 is 14.3 Å². The number of carbonyl (C=O) groups excluding carboxylic acids is 2. The smallest absolute Gasteiger partial charge is 0.308 e. The van der Waals surface area contributed by atoms with E-state index in [-0.39, 0.29) is 83.7 Å². The maximum atomic E-state index is 11.1. The molecule has 0 aliphatic rings. The average Bonchev–Trinajstić information content (AvgIpc) is 2.12. The lowest BCUT2D eigenvalue weighted by Crippen LogP contribution is -2.15. The number of Topliss-reactive ketones (excluding diaryl/α,β-unsaturated/α-hetero) is 1. The van der Waals surface area contributed by atoms with Crippen molar-refractivity contribution in [1.82, 2.24) is 0 Å². The third-order valence-corrected chi connectivity index (χ3v) is 1.79. The average molecular weight is 331 g/mol. The number of esters is 1. The Morgan fingerprint density at radius 3 is 1.64 bits per heavy atom. The summed E-state index contributed by atoms with van der Waals surface area (Å²) in [6.07, 6.45) is 1.21. The van der Waals surface area contributed by atoms with Crippen molar-refractivity contribution in [3.05, 3.63) is 0 Å². The Bertz CT molecular complexity index is 192. The van der Waals surface area contributed by atoms with Crippen LogP contribution in [0.25, 0.3) is 0 Å². The van der Waals surface area contributed by atoms with Crippen molar-refractivity contribution < 1.29 is 19.1 Å². The number of hydrogen-bond acceptors (Lipinski definition) is 4. The van der Waals surface area contributed by atoms with Crippen LogP contribution in [0.4, 0.5) is 0 Å². The van der Waals surface area contributed by atoms with Gasteiger partial charge in [-0.3, -0.25) is 4.79 Å². The summed E-state index contributed by atoms with van der Waals surface area (Å²) in [5.74, 6) is -0.158. The maximum absolute atomic E-state index is 11.1. The van der Waals surface area contributed by atoms with E-state index in [9.17, 15) is 9.59 Å². The van der Waals surface area contributed by atoms with E-state index in [4.69, 9.17) is 9.47 Å². The van der Waals surface area contributed by atoms with Crippen LogP contribution in [0.5, 0.6) is 0 Å². The van der Waals surface area contributed by atoms with Crippen LogP contribution in [-0.2, 0) is 19.1 Å². The van der Waals surface area contributed by atoms with Gasteiger partial charge in [-0.15, -0.1) is 0 Å². The first-order valence-corrected chi connectivity index (χ1v) is 4.74. The van der Waals surface area contributed by atoms with Gasteiger partial charge in [0.05, 0.1) is 19.1 Å². The molecule has 0 fully saturated rings. The van der Waals surface area contributed by atoms with E-state index in [1.165, 1.54) is 6.92 Å². The van der Waals surface area contributed by atoms with Gasteiger partial charge in [0.15, 0.2) is 0 Å². The zero-order valence-electron chi connectivity index (χ0n) is 9.04. The summed E-state index contributed by atoms with van der Waals surface area (Å²) < 4.78 is 9.80. The molecular weight excluding hydrogens is 280 g/mol. The SMILES string of the molecule is C.C.C.C.C.C.C.C.COC(C)CC(=O)OCCCC(C)=O. The van der Waals surface area contributed by atoms with Crippen molar-refractivity contribution >= 4 is 11.8 Å². The first-order valence-electron chi connectivity index (χ1n) is 4.74. The van der Waals surface area contributed by atoms with Gasteiger partial charge >= 0.3 is 5.97 Å². The van der Waals surface area contributed by atoms with Crippen LogP contribution in [-0.4, -0.2) is 31.6 Å². The predicted octanol–water partition coefficient (Wildman–Crippen LogP) is 6.41. The Morgan fingerprint density at radius 1 is 0.909 bits per heavy atom. The first kappa shape index (κ1) is 58.2. The van der Waals surface area contributed by atoms with Crippen LogP contribution >= 0.6 is 0 Å². The van der Waals surface area contributed by atoms with Crippen LogP contribution in [0, 0.1) is 0 Å². The van der Waals surface area contributed by atoms with Crippen LogP contribution in [0.15, 0.2) is 0 Å². The highest BCUT2D eigenvalue weighted by atomic mass is 16.5. The van der Waals surface area contributed by atoms with Crippen LogP contribution < -0.4 is 0 Å². The lowest BCUT2D eigenvalue weighted by molar-refractivity contribution is -0.146. The van der Waals surface area contributed by atoms with Gasteiger partial charge in [-0.25, -0.2) is 0 Å². The number of methoxy groups -OCH3 is 1. The van der Waals surface area contributed by atoms with Crippen molar-refractivity contribution in [2.45, 2.75) is 98.6 Å². The summed E-state index contributed by atoms with van der Waals surface area (Å²) in [4.78, 5) is 21.6.